The van der Waals surface area contributed by atoms with Gasteiger partial charge in [0.25, 0.3) is 10.0 Å². The van der Waals surface area contributed by atoms with E-state index in [-0.39, 0.29) is 14.9 Å². The van der Waals surface area contributed by atoms with Gasteiger partial charge in [0.15, 0.2) is 0 Å². The van der Waals surface area contributed by atoms with Crippen LogP contribution in [0.25, 0.3) is 0 Å². The van der Waals surface area contributed by atoms with E-state index in [1.807, 2.05) is 6.07 Å². The van der Waals surface area contributed by atoms with Crippen LogP contribution in [-0.2, 0) is 10.0 Å². The lowest BCUT2D eigenvalue weighted by atomic mass is 10.1. The highest BCUT2D eigenvalue weighted by Gasteiger charge is 2.26. The van der Waals surface area contributed by atoms with Crippen LogP contribution in [0.3, 0.4) is 0 Å². The van der Waals surface area contributed by atoms with Gasteiger partial charge in [0, 0.05) is 35.3 Å². The normalized spacial score (nSPS) is 19.9. The highest BCUT2D eigenvalue weighted by Crippen LogP contribution is 2.37. The molecule has 2 aromatic rings. The lowest BCUT2D eigenvalue weighted by Gasteiger charge is -2.38. The van der Waals surface area contributed by atoms with Crippen molar-refractivity contribution in [3.8, 4) is 5.75 Å². The second kappa shape index (κ2) is 8.89. The van der Waals surface area contributed by atoms with Gasteiger partial charge in [-0.3, -0.25) is 4.72 Å². The number of piperazine rings is 1. The third kappa shape index (κ3) is 5.11. The number of sulfonamides is 1. The van der Waals surface area contributed by atoms with Crippen LogP contribution in [0.1, 0.15) is 13.8 Å². The van der Waals surface area contributed by atoms with Crippen molar-refractivity contribution in [3.63, 3.8) is 0 Å². The van der Waals surface area contributed by atoms with Crippen LogP contribution >= 0.6 is 39.1 Å². The molecule has 158 valence electrons. The minimum absolute atomic E-state index is 0.0248. The molecule has 0 amide bonds. The Morgan fingerprint density at radius 2 is 1.72 bits per heavy atom. The van der Waals surface area contributed by atoms with Crippen molar-refractivity contribution < 1.29 is 13.2 Å². The van der Waals surface area contributed by atoms with Crippen LogP contribution in [0.5, 0.6) is 5.75 Å². The predicted molar refractivity (Wildman–Crippen MR) is 122 cm³/mol. The molecule has 0 aromatic heterocycles. The Kier molecular flexibility index (Phi) is 6.90. The lowest BCUT2D eigenvalue weighted by Crippen LogP contribution is -2.54. The van der Waals surface area contributed by atoms with Crippen molar-refractivity contribution >= 4 is 60.5 Å². The van der Waals surface area contributed by atoms with Crippen LogP contribution in [0.15, 0.2) is 39.7 Å². The molecule has 1 aliphatic rings. The number of anilines is 2. The van der Waals surface area contributed by atoms with E-state index in [9.17, 15) is 8.42 Å². The first-order valence-electron chi connectivity index (χ1n) is 8.97. The van der Waals surface area contributed by atoms with E-state index in [1.54, 1.807) is 12.1 Å². The zero-order valence-corrected chi connectivity index (χ0v) is 20.1. The number of hydrogen-bond donors (Lipinski definition) is 2. The maximum absolute atomic E-state index is 13.0. The molecule has 2 N–H and O–H groups in total. The molecular weight excluding hydrogens is 501 g/mol. The fourth-order valence-electron chi connectivity index (χ4n) is 3.49. The molecule has 2 unspecified atom stereocenters. The molecule has 1 heterocycles. The van der Waals surface area contributed by atoms with Crippen molar-refractivity contribution in [1.29, 1.82) is 0 Å². The fourth-order valence-corrected chi connectivity index (χ4v) is 6.49. The van der Waals surface area contributed by atoms with Gasteiger partial charge in [0.2, 0.25) is 0 Å². The first kappa shape index (κ1) is 22.5. The molecule has 2 aromatic carbocycles. The van der Waals surface area contributed by atoms with E-state index in [1.165, 1.54) is 19.2 Å². The molecule has 0 saturated carbocycles. The first-order chi connectivity index (χ1) is 13.6. The van der Waals surface area contributed by atoms with Crippen LogP contribution in [0.4, 0.5) is 11.4 Å². The number of benzene rings is 2. The minimum Gasteiger partial charge on any atom is -0.495 e. The number of hydrogen-bond acceptors (Lipinski definition) is 5. The highest BCUT2D eigenvalue weighted by atomic mass is 79.9. The molecule has 2 atom stereocenters. The number of nitrogens with zero attached hydrogens (tertiary/aromatic N) is 1. The number of rotatable bonds is 5. The van der Waals surface area contributed by atoms with E-state index in [4.69, 9.17) is 27.9 Å². The summed E-state index contributed by atoms with van der Waals surface area (Å²) in [6, 6.07) is 9.04. The monoisotopic (exact) mass is 521 g/mol. The molecule has 0 bridgehead atoms. The Balaban J connectivity index is 1.98. The maximum Gasteiger partial charge on any atom is 0.265 e. The molecule has 1 saturated heterocycles. The van der Waals surface area contributed by atoms with Crippen molar-refractivity contribution in [2.24, 2.45) is 0 Å². The number of methoxy groups -OCH3 is 1. The molecule has 1 fully saturated rings. The van der Waals surface area contributed by atoms with Crippen LogP contribution < -0.4 is 19.7 Å². The summed E-state index contributed by atoms with van der Waals surface area (Å²) in [5.41, 5.74) is 1.22. The van der Waals surface area contributed by atoms with Crippen LogP contribution in [0, 0.1) is 0 Å². The minimum atomic E-state index is -4.04. The standard InChI is InChI=1S/C19H22BrCl2N3O3S/c1-11-9-25(10-12(2)23-11)14-4-5-18(28-3)17(8-14)24-29(26,27)19-15(21)6-13(20)7-16(19)22/h4-8,11-12,23-24H,9-10H2,1-3H3. The molecule has 6 nitrogen and oxygen atoms in total. The van der Waals surface area contributed by atoms with E-state index in [0.29, 0.717) is 28.0 Å². The van der Waals surface area contributed by atoms with Crippen LogP contribution in [0.2, 0.25) is 10.0 Å². The molecular formula is C19H22BrCl2N3O3S. The Morgan fingerprint density at radius 3 is 2.28 bits per heavy atom. The molecule has 0 aliphatic carbocycles. The Hall–Kier alpha value is -1.19. The van der Waals surface area contributed by atoms with Crippen LogP contribution in [-0.4, -0.2) is 40.7 Å². The smallest absolute Gasteiger partial charge is 0.265 e. The van der Waals surface area contributed by atoms with Crippen molar-refractivity contribution in [1.82, 2.24) is 5.32 Å². The number of halogens is 3. The molecule has 0 spiro atoms. The SMILES string of the molecule is COc1ccc(N2CC(C)NC(C)C2)cc1NS(=O)(=O)c1c(Cl)cc(Br)cc1Cl. The summed E-state index contributed by atoms with van der Waals surface area (Å²) in [6.07, 6.45) is 0. The zero-order chi connectivity index (χ0) is 21.3. The van der Waals surface area contributed by atoms with E-state index in [0.717, 1.165) is 18.8 Å². The quantitative estimate of drug-likeness (QED) is 0.592. The van der Waals surface area contributed by atoms with Crippen molar-refractivity contribution in [3.05, 3.63) is 44.8 Å². The van der Waals surface area contributed by atoms with E-state index < -0.39 is 10.0 Å². The van der Waals surface area contributed by atoms with E-state index >= 15 is 0 Å². The third-order valence-corrected chi connectivity index (χ3v) is 7.33. The Morgan fingerprint density at radius 1 is 1.14 bits per heavy atom. The van der Waals surface area contributed by atoms with Gasteiger partial charge in [-0.1, -0.05) is 39.1 Å². The average molecular weight is 523 g/mol. The Labute approximate surface area is 189 Å². The van der Waals surface area contributed by atoms with Gasteiger partial charge in [-0.05, 0) is 44.2 Å². The fraction of sp³-hybridized carbons (Fsp3) is 0.368. The molecule has 29 heavy (non-hydrogen) atoms. The first-order valence-corrected chi connectivity index (χ1v) is 12.0. The topological polar surface area (TPSA) is 70.7 Å². The number of nitrogens with one attached hydrogen (secondary N) is 2. The second-order valence-electron chi connectivity index (χ2n) is 7.06. The van der Waals surface area contributed by atoms with Gasteiger partial charge < -0.3 is 15.0 Å². The summed E-state index contributed by atoms with van der Waals surface area (Å²) in [5, 5.41) is 3.53. The Bertz CT molecular complexity index is 987. The van der Waals surface area contributed by atoms with Crippen molar-refractivity contribution in [2.45, 2.75) is 30.8 Å². The average Bonchev–Trinajstić information content (AvgIpc) is 2.59. The van der Waals surface area contributed by atoms with Gasteiger partial charge in [-0.15, -0.1) is 0 Å². The largest absolute Gasteiger partial charge is 0.495 e. The highest BCUT2D eigenvalue weighted by molar-refractivity contribution is 9.10. The third-order valence-electron chi connectivity index (χ3n) is 4.58. The molecule has 10 heteroatoms. The maximum atomic E-state index is 13.0. The predicted octanol–water partition coefficient (Wildman–Crippen LogP) is 4.75. The number of ether oxygens (including phenoxy) is 1. The summed E-state index contributed by atoms with van der Waals surface area (Å²) in [6.45, 7) is 5.86. The van der Waals surface area contributed by atoms with Crippen molar-refractivity contribution in [2.75, 3.05) is 29.8 Å². The summed E-state index contributed by atoms with van der Waals surface area (Å²) in [5.74, 6) is 0.401. The lowest BCUT2D eigenvalue weighted by molar-refractivity contribution is 0.406. The van der Waals surface area contributed by atoms with E-state index in [2.05, 4.69) is 44.7 Å². The second-order valence-corrected chi connectivity index (χ2v) is 10.4. The van der Waals surface area contributed by atoms with Gasteiger partial charge in [0.05, 0.1) is 22.8 Å². The molecule has 3 rings (SSSR count). The zero-order valence-electron chi connectivity index (χ0n) is 16.2. The summed E-state index contributed by atoms with van der Waals surface area (Å²) < 4.78 is 34.6. The van der Waals surface area contributed by atoms with Gasteiger partial charge in [-0.25, -0.2) is 8.42 Å². The van der Waals surface area contributed by atoms with Gasteiger partial charge in [-0.2, -0.15) is 0 Å². The molecule has 0 radical (unpaired) electrons. The summed E-state index contributed by atoms with van der Waals surface area (Å²) in [7, 11) is -2.55. The summed E-state index contributed by atoms with van der Waals surface area (Å²) in [4.78, 5) is 2.03. The van der Waals surface area contributed by atoms with Gasteiger partial charge >= 0.3 is 0 Å². The summed E-state index contributed by atoms with van der Waals surface area (Å²) >= 11 is 15.6. The van der Waals surface area contributed by atoms with Gasteiger partial charge in [0.1, 0.15) is 10.6 Å². The molecule has 1 aliphatic heterocycles.